The molecule has 3 rings (SSSR count). The first-order valence-corrected chi connectivity index (χ1v) is 10.8. The van der Waals surface area contributed by atoms with Gasteiger partial charge in [-0.05, 0) is 91.0 Å². The van der Waals surface area contributed by atoms with Crippen molar-refractivity contribution in [2.75, 3.05) is 13.2 Å². The lowest BCUT2D eigenvalue weighted by Gasteiger charge is -2.13. The van der Waals surface area contributed by atoms with Gasteiger partial charge in [0.2, 0.25) is 0 Å². The lowest BCUT2D eigenvalue weighted by Crippen LogP contribution is -2.19. The molecule has 1 amide bonds. The Kier molecular flexibility index (Phi) is 7.01. The number of aryl methyl sites for hydroxylation is 1. The summed E-state index contributed by atoms with van der Waals surface area (Å²) >= 11 is 3.55. The van der Waals surface area contributed by atoms with Gasteiger partial charge in [-0.1, -0.05) is 17.7 Å². The largest absolute Gasteiger partial charge is 0.490 e. The van der Waals surface area contributed by atoms with Crippen LogP contribution in [0.5, 0.6) is 11.5 Å². The maximum absolute atomic E-state index is 12.4. The number of benzene rings is 2. The van der Waals surface area contributed by atoms with Crippen molar-refractivity contribution in [1.29, 1.82) is 0 Å². The SMILES string of the molecule is CCOc1cc(/C=C2\SC(=Nc3ccc(C)cc3)NC2=O)cc(I)c1OCC. The number of hydrogen-bond acceptors (Lipinski definition) is 5. The summed E-state index contributed by atoms with van der Waals surface area (Å²) in [6, 6.07) is 11.7. The summed E-state index contributed by atoms with van der Waals surface area (Å²) in [7, 11) is 0. The third-order valence-electron chi connectivity index (χ3n) is 3.83. The topological polar surface area (TPSA) is 59.9 Å². The number of carbonyl (C=O) groups is 1. The normalized spacial score (nSPS) is 16.5. The highest BCUT2D eigenvalue weighted by Crippen LogP contribution is 2.36. The van der Waals surface area contributed by atoms with Gasteiger partial charge < -0.3 is 14.8 Å². The molecule has 0 radical (unpaired) electrons. The summed E-state index contributed by atoms with van der Waals surface area (Å²) in [4.78, 5) is 17.5. The molecule has 28 heavy (non-hydrogen) atoms. The molecule has 2 aromatic carbocycles. The van der Waals surface area contributed by atoms with E-state index in [2.05, 4.69) is 32.9 Å². The third-order valence-corrected chi connectivity index (χ3v) is 5.54. The molecule has 0 unspecified atom stereocenters. The van der Waals surface area contributed by atoms with Crippen LogP contribution in [0.2, 0.25) is 0 Å². The van der Waals surface area contributed by atoms with Gasteiger partial charge in [0.1, 0.15) is 0 Å². The Morgan fingerprint density at radius 3 is 2.54 bits per heavy atom. The molecule has 0 aromatic heterocycles. The van der Waals surface area contributed by atoms with E-state index in [1.54, 1.807) is 0 Å². The number of halogens is 1. The Bertz CT molecular complexity index is 939. The standard InChI is InChI=1S/C21H21IN2O3S/c1-4-26-17-11-14(10-16(22)19(17)27-5-2)12-18-20(25)24-21(28-18)23-15-8-6-13(3)7-9-15/h6-12H,4-5H2,1-3H3,(H,23,24,25)/b18-12-. The first kappa shape index (κ1) is 20.7. The molecule has 1 N–H and O–H groups in total. The zero-order chi connectivity index (χ0) is 20.1. The van der Waals surface area contributed by atoms with E-state index in [0.29, 0.717) is 29.0 Å². The molecular weight excluding hydrogens is 487 g/mol. The van der Waals surface area contributed by atoms with Crippen LogP contribution in [0.15, 0.2) is 46.3 Å². The van der Waals surface area contributed by atoms with E-state index < -0.39 is 0 Å². The Balaban J connectivity index is 1.86. The highest BCUT2D eigenvalue weighted by Gasteiger charge is 2.24. The van der Waals surface area contributed by atoms with E-state index in [4.69, 9.17) is 9.47 Å². The number of nitrogens with one attached hydrogen (secondary N) is 1. The number of carbonyl (C=O) groups excluding carboxylic acids is 1. The number of amidine groups is 1. The molecule has 0 aliphatic carbocycles. The monoisotopic (exact) mass is 508 g/mol. The second kappa shape index (κ2) is 9.47. The summed E-state index contributed by atoms with van der Waals surface area (Å²) in [5, 5.41) is 3.40. The molecule has 0 bridgehead atoms. The molecule has 2 aromatic rings. The highest BCUT2D eigenvalue weighted by atomic mass is 127. The van der Waals surface area contributed by atoms with Crippen LogP contribution in [-0.4, -0.2) is 24.3 Å². The van der Waals surface area contributed by atoms with Gasteiger partial charge in [-0.25, -0.2) is 4.99 Å². The summed E-state index contributed by atoms with van der Waals surface area (Å²) in [6.45, 7) is 7.00. The van der Waals surface area contributed by atoms with E-state index in [9.17, 15) is 4.79 Å². The Labute approximate surface area is 182 Å². The molecule has 146 valence electrons. The second-order valence-electron chi connectivity index (χ2n) is 6.01. The molecule has 0 saturated carbocycles. The smallest absolute Gasteiger partial charge is 0.264 e. The zero-order valence-electron chi connectivity index (χ0n) is 15.9. The van der Waals surface area contributed by atoms with E-state index in [1.807, 2.05) is 63.2 Å². The fourth-order valence-corrected chi connectivity index (χ4v) is 4.21. The van der Waals surface area contributed by atoms with Crippen LogP contribution >= 0.6 is 34.4 Å². The van der Waals surface area contributed by atoms with Crippen LogP contribution in [0.1, 0.15) is 25.0 Å². The number of thioether (sulfide) groups is 1. The van der Waals surface area contributed by atoms with Gasteiger partial charge >= 0.3 is 0 Å². The minimum absolute atomic E-state index is 0.155. The molecule has 7 heteroatoms. The molecule has 5 nitrogen and oxygen atoms in total. The lowest BCUT2D eigenvalue weighted by atomic mass is 10.2. The fourth-order valence-electron chi connectivity index (χ4n) is 2.59. The first-order valence-electron chi connectivity index (χ1n) is 8.95. The van der Waals surface area contributed by atoms with Crippen molar-refractivity contribution < 1.29 is 14.3 Å². The van der Waals surface area contributed by atoms with Crippen molar-refractivity contribution in [1.82, 2.24) is 5.32 Å². The lowest BCUT2D eigenvalue weighted by molar-refractivity contribution is -0.115. The maximum Gasteiger partial charge on any atom is 0.264 e. The van der Waals surface area contributed by atoms with E-state index in [1.165, 1.54) is 17.3 Å². The van der Waals surface area contributed by atoms with Gasteiger partial charge in [-0.15, -0.1) is 0 Å². The van der Waals surface area contributed by atoms with Gasteiger partial charge in [0.15, 0.2) is 16.7 Å². The Morgan fingerprint density at radius 2 is 1.86 bits per heavy atom. The minimum Gasteiger partial charge on any atom is -0.490 e. The molecule has 1 saturated heterocycles. The molecule has 1 fully saturated rings. The third kappa shape index (κ3) is 5.08. The van der Waals surface area contributed by atoms with Gasteiger partial charge in [0.25, 0.3) is 5.91 Å². The van der Waals surface area contributed by atoms with E-state index in [-0.39, 0.29) is 5.91 Å². The summed E-state index contributed by atoms with van der Waals surface area (Å²) in [6.07, 6.45) is 1.85. The van der Waals surface area contributed by atoms with Crippen LogP contribution < -0.4 is 14.8 Å². The van der Waals surface area contributed by atoms with Crippen LogP contribution in [-0.2, 0) is 4.79 Å². The van der Waals surface area contributed by atoms with Crippen LogP contribution in [0, 0.1) is 10.5 Å². The molecular formula is C21H21IN2O3S. The number of hydrogen-bond donors (Lipinski definition) is 1. The summed E-state index contributed by atoms with van der Waals surface area (Å²) < 4.78 is 12.4. The number of ether oxygens (including phenoxy) is 2. The Morgan fingerprint density at radius 1 is 1.14 bits per heavy atom. The van der Waals surface area contributed by atoms with Crippen molar-refractivity contribution in [2.24, 2.45) is 4.99 Å². The molecule has 0 atom stereocenters. The van der Waals surface area contributed by atoms with Gasteiger partial charge in [-0.2, -0.15) is 0 Å². The van der Waals surface area contributed by atoms with E-state index >= 15 is 0 Å². The molecule has 1 aliphatic heterocycles. The molecule has 1 aliphatic rings. The predicted octanol–water partition coefficient (Wildman–Crippen LogP) is 5.29. The average molecular weight is 508 g/mol. The second-order valence-corrected chi connectivity index (χ2v) is 8.21. The first-order chi connectivity index (χ1) is 13.5. The van der Waals surface area contributed by atoms with Crippen LogP contribution in [0.4, 0.5) is 5.69 Å². The fraction of sp³-hybridized carbons (Fsp3) is 0.238. The van der Waals surface area contributed by atoms with Crippen molar-refractivity contribution in [3.05, 3.63) is 56.0 Å². The van der Waals surface area contributed by atoms with Crippen LogP contribution in [0.3, 0.4) is 0 Å². The number of nitrogens with zero attached hydrogens (tertiary/aromatic N) is 1. The molecule has 0 spiro atoms. The summed E-state index contributed by atoms with van der Waals surface area (Å²) in [5.41, 5.74) is 2.86. The van der Waals surface area contributed by atoms with E-state index in [0.717, 1.165) is 20.6 Å². The number of aliphatic imine (C=N–C) groups is 1. The Hall–Kier alpha value is -2.00. The predicted molar refractivity (Wildman–Crippen MR) is 123 cm³/mol. The zero-order valence-corrected chi connectivity index (χ0v) is 18.9. The number of rotatable bonds is 6. The average Bonchev–Trinajstić information content (AvgIpc) is 2.99. The van der Waals surface area contributed by atoms with Crippen LogP contribution in [0.25, 0.3) is 6.08 Å². The minimum atomic E-state index is -0.155. The van der Waals surface area contributed by atoms with Crippen molar-refractivity contribution in [3.63, 3.8) is 0 Å². The van der Waals surface area contributed by atoms with Crippen molar-refractivity contribution in [3.8, 4) is 11.5 Å². The van der Waals surface area contributed by atoms with Crippen molar-refractivity contribution in [2.45, 2.75) is 20.8 Å². The van der Waals surface area contributed by atoms with Gasteiger partial charge in [0.05, 0.1) is 27.4 Å². The van der Waals surface area contributed by atoms with Gasteiger partial charge in [-0.3, -0.25) is 4.79 Å². The number of amides is 1. The maximum atomic E-state index is 12.4. The molecule has 1 heterocycles. The summed E-state index contributed by atoms with van der Waals surface area (Å²) in [5.74, 6) is 1.26. The van der Waals surface area contributed by atoms with Gasteiger partial charge in [0, 0.05) is 0 Å². The van der Waals surface area contributed by atoms with Crippen molar-refractivity contribution >= 4 is 57.2 Å². The quantitative estimate of drug-likeness (QED) is 0.426. The highest BCUT2D eigenvalue weighted by molar-refractivity contribution is 14.1.